The van der Waals surface area contributed by atoms with E-state index in [1.165, 1.54) is 16.6 Å². The van der Waals surface area contributed by atoms with Crippen molar-refractivity contribution in [3.8, 4) is 0 Å². The minimum atomic E-state index is 0.0221. The molecule has 1 aromatic carbocycles. The Morgan fingerprint density at radius 2 is 1.80 bits per heavy atom. The van der Waals surface area contributed by atoms with Gasteiger partial charge in [-0.25, -0.2) is 4.98 Å². The maximum Gasteiger partial charge on any atom is 0.115 e. The number of rotatable bonds is 3. The summed E-state index contributed by atoms with van der Waals surface area (Å²) in [6.45, 7) is 13.9. The summed E-state index contributed by atoms with van der Waals surface area (Å²) in [5, 5.41) is 0. The molecule has 2 aromatic rings. The molecule has 0 fully saturated rings. The molecule has 0 aliphatic carbocycles. The average Bonchev–Trinajstić information content (AvgIpc) is 2.68. The van der Waals surface area contributed by atoms with Gasteiger partial charge in [0.2, 0.25) is 0 Å². The fraction of sp³-hybridized carbons (Fsp3) is 0.588. The number of aromatic nitrogens is 2. The van der Waals surface area contributed by atoms with Crippen LogP contribution in [0.4, 0.5) is 0 Å². The van der Waals surface area contributed by atoms with Crippen LogP contribution in [-0.4, -0.2) is 15.6 Å². The van der Waals surface area contributed by atoms with Crippen LogP contribution in [0.15, 0.2) is 12.1 Å². The van der Waals surface area contributed by atoms with Crippen LogP contribution in [0.25, 0.3) is 11.0 Å². The molecule has 110 valence electrons. The van der Waals surface area contributed by atoms with Crippen molar-refractivity contribution >= 4 is 11.0 Å². The van der Waals surface area contributed by atoms with E-state index in [0.29, 0.717) is 0 Å². The molecule has 1 aromatic heterocycles. The summed E-state index contributed by atoms with van der Waals surface area (Å²) < 4.78 is 2.32. The third-order valence-corrected chi connectivity index (χ3v) is 3.98. The number of benzene rings is 1. The summed E-state index contributed by atoms with van der Waals surface area (Å²) in [5.41, 5.74) is 11.1. The number of imidazole rings is 1. The van der Waals surface area contributed by atoms with E-state index in [4.69, 9.17) is 10.7 Å². The van der Waals surface area contributed by atoms with Gasteiger partial charge in [-0.05, 0) is 43.5 Å². The zero-order valence-corrected chi connectivity index (χ0v) is 13.6. The van der Waals surface area contributed by atoms with E-state index in [2.05, 4.69) is 58.2 Å². The molecule has 0 saturated heterocycles. The highest BCUT2D eigenvalue weighted by atomic mass is 15.1. The molecule has 2 rings (SSSR count). The molecule has 0 radical (unpaired) electrons. The lowest BCUT2D eigenvalue weighted by Gasteiger charge is -2.22. The molecule has 0 spiro atoms. The number of hydrogen-bond acceptors (Lipinski definition) is 2. The second-order valence-electron chi connectivity index (χ2n) is 6.89. The van der Waals surface area contributed by atoms with Gasteiger partial charge in [-0.3, -0.25) is 0 Å². The Kier molecular flexibility index (Phi) is 3.92. The number of nitrogens with zero attached hydrogens (tertiary/aromatic N) is 2. The Morgan fingerprint density at radius 1 is 1.20 bits per heavy atom. The third-order valence-electron chi connectivity index (χ3n) is 3.98. The van der Waals surface area contributed by atoms with Gasteiger partial charge in [0.05, 0.1) is 11.0 Å². The summed E-state index contributed by atoms with van der Waals surface area (Å²) in [7, 11) is 0. The van der Waals surface area contributed by atoms with Gasteiger partial charge < -0.3 is 10.3 Å². The zero-order chi connectivity index (χ0) is 15.1. The highest BCUT2D eigenvalue weighted by molar-refractivity contribution is 5.78. The van der Waals surface area contributed by atoms with Crippen molar-refractivity contribution in [2.75, 3.05) is 0 Å². The van der Waals surface area contributed by atoms with E-state index < -0.39 is 0 Å². The predicted molar refractivity (Wildman–Crippen MR) is 86.2 cm³/mol. The maximum atomic E-state index is 6.19. The Hall–Kier alpha value is -1.35. The molecule has 1 heterocycles. The molecule has 20 heavy (non-hydrogen) atoms. The van der Waals surface area contributed by atoms with E-state index in [1.807, 2.05) is 0 Å². The van der Waals surface area contributed by atoms with Crippen LogP contribution in [0.1, 0.15) is 51.1 Å². The fourth-order valence-electron chi connectivity index (χ4n) is 2.50. The van der Waals surface area contributed by atoms with Crippen LogP contribution < -0.4 is 5.73 Å². The van der Waals surface area contributed by atoms with Crippen molar-refractivity contribution in [3.05, 3.63) is 29.1 Å². The minimum absolute atomic E-state index is 0.0221. The molecule has 1 unspecified atom stereocenters. The van der Waals surface area contributed by atoms with Crippen molar-refractivity contribution in [3.63, 3.8) is 0 Å². The molecule has 3 nitrogen and oxygen atoms in total. The number of hydrogen-bond donors (Lipinski definition) is 1. The molecule has 0 saturated carbocycles. The maximum absolute atomic E-state index is 6.19. The Bertz CT molecular complexity index is 617. The number of fused-ring (bicyclic) bond motifs is 1. The lowest BCUT2D eigenvalue weighted by atomic mass is 9.95. The van der Waals surface area contributed by atoms with Crippen molar-refractivity contribution in [1.82, 2.24) is 9.55 Å². The normalized spacial score (nSPS) is 13.9. The van der Waals surface area contributed by atoms with Gasteiger partial charge in [0.1, 0.15) is 5.82 Å². The van der Waals surface area contributed by atoms with Crippen molar-refractivity contribution in [1.29, 1.82) is 0 Å². The minimum Gasteiger partial charge on any atom is -0.326 e. The molecule has 0 aliphatic rings. The first-order chi connectivity index (χ1) is 9.24. The summed E-state index contributed by atoms with van der Waals surface area (Å²) in [5.74, 6) is 1.13. The highest BCUT2D eigenvalue weighted by Crippen LogP contribution is 2.28. The second kappa shape index (κ2) is 5.21. The predicted octanol–water partition coefficient (Wildman–Crippen LogP) is 3.69. The largest absolute Gasteiger partial charge is 0.326 e. The summed E-state index contributed by atoms with van der Waals surface area (Å²) in [4.78, 5) is 4.88. The fourth-order valence-corrected chi connectivity index (χ4v) is 2.50. The van der Waals surface area contributed by atoms with Crippen LogP contribution in [0.2, 0.25) is 0 Å². The van der Waals surface area contributed by atoms with Gasteiger partial charge in [-0.2, -0.15) is 0 Å². The molecular formula is C17H27N3. The van der Waals surface area contributed by atoms with Crippen molar-refractivity contribution in [2.24, 2.45) is 5.73 Å². The average molecular weight is 273 g/mol. The summed E-state index contributed by atoms with van der Waals surface area (Å²) in [6.07, 6.45) is 0.980. The van der Waals surface area contributed by atoms with Crippen LogP contribution >= 0.6 is 0 Å². The molecule has 1 atom stereocenters. The van der Waals surface area contributed by atoms with Crippen molar-refractivity contribution < 1.29 is 0 Å². The van der Waals surface area contributed by atoms with E-state index >= 15 is 0 Å². The van der Waals surface area contributed by atoms with Crippen LogP contribution in [0.3, 0.4) is 0 Å². The van der Waals surface area contributed by atoms with E-state index in [9.17, 15) is 0 Å². The molecule has 0 aliphatic heterocycles. The second-order valence-corrected chi connectivity index (χ2v) is 6.89. The molecular weight excluding hydrogens is 246 g/mol. The van der Waals surface area contributed by atoms with E-state index in [1.54, 1.807) is 0 Å². The zero-order valence-electron chi connectivity index (χ0n) is 13.6. The van der Waals surface area contributed by atoms with Crippen molar-refractivity contribution in [2.45, 2.75) is 66.0 Å². The standard InChI is InChI=1S/C17H27N3/c1-7-13(18)10-20-15-9-12(3)11(2)8-14(15)19-16(20)17(4,5)6/h8-9,13H,7,10,18H2,1-6H3. The topological polar surface area (TPSA) is 43.8 Å². The first kappa shape index (κ1) is 15.0. The monoisotopic (exact) mass is 273 g/mol. The van der Waals surface area contributed by atoms with Gasteiger partial charge >= 0.3 is 0 Å². The summed E-state index contributed by atoms with van der Waals surface area (Å²) in [6, 6.07) is 4.61. The Morgan fingerprint density at radius 3 is 2.35 bits per heavy atom. The van der Waals surface area contributed by atoms with Gasteiger partial charge in [-0.1, -0.05) is 27.7 Å². The summed E-state index contributed by atoms with van der Waals surface area (Å²) >= 11 is 0. The quantitative estimate of drug-likeness (QED) is 0.927. The van der Waals surface area contributed by atoms with Crippen LogP contribution in [-0.2, 0) is 12.0 Å². The lowest BCUT2D eigenvalue weighted by Crippen LogP contribution is -2.28. The van der Waals surface area contributed by atoms with Crippen LogP contribution in [0.5, 0.6) is 0 Å². The van der Waals surface area contributed by atoms with E-state index in [0.717, 1.165) is 24.3 Å². The third kappa shape index (κ3) is 2.73. The molecule has 2 N–H and O–H groups in total. The highest BCUT2D eigenvalue weighted by Gasteiger charge is 2.23. The van der Waals surface area contributed by atoms with Gasteiger partial charge in [0, 0.05) is 18.0 Å². The number of nitrogens with two attached hydrogens (primary N) is 1. The Labute approximate surface area is 122 Å². The smallest absolute Gasteiger partial charge is 0.115 e. The lowest BCUT2D eigenvalue weighted by molar-refractivity contribution is 0.469. The first-order valence-electron chi connectivity index (χ1n) is 7.47. The number of aryl methyl sites for hydroxylation is 2. The van der Waals surface area contributed by atoms with Gasteiger partial charge in [0.25, 0.3) is 0 Å². The Balaban J connectivity index is 2.68. The SMILES string of the molecule is CCC(N)Cn1c(C(C)(C)C)nc2cc(C)c(C)cc21. The van der Waals surface area contributed by atoms with E-state index in [-0.39, 0.29) is 11.5 Å². The van der Waals surface area contributed by atoms with Gasteiger partial charge in [0.15, 0.2) is 0 Å². The molecule has 0 amide bonds. The molecule has 0 bridgehead atoms. The molecule has 3 heteroatoms. The van der Waals surface area contributed by atoms with Gasteiger partial charge in [-0.15, -0.1) is 0 Å². The van der Waals surface area contributed by atoms with Crippen LogP contribution in [0, 0.1) is 13.8 Å². The first-order valence-corrected chi connectivity index (χ1v) is 7.47.